The Balaban J connectivity index is 2.07. The van der Waals surface area contributed by atoms with Crippen LogP contribution in [0, 0.1) is 0 Å². The number of para-hydroxylation sites is 1. The fourth-order valence-electron chi connectivity index (χ4n) is 4.04. The Morgan fingerprint density at radius 2 is 1.00 bits per heavy atom. The van der Waals surface area contributed by atoms with E-state index in [-0.39, 0.29) is 5.91 Å². The molecule has 0 bridgehead atoms. The average Bonchev–Trinajstić information content (AvgIpc) is 2.88. The fourth-order valence-corrected chi connectivity index (χ4v) is 8.37. The monoisotopic (exact) mass is 451 g/mol. The number of carbonyl (C=O) groups excluding carboxylic acids is 1. The van der Waals surface area contributed by atoms with E-state index < -0.39 is 7.26 Å². The molecule has 0 saturated carbocycles. The third-order valence-corrected chi connectivity index (χ3v) is 9.83. The third-order valence-electron chi connectivity index (χ3n) is 5.57. The molecule has 33 heavy (non-hydrogen) atoms. The molecular weight excluding hydrogens is 423 g/mol. The molecule has 4 heteroatoms. The van der Waals surface area contributed by atoms with Crippen LogP contribution in [0.15, 0.2) is 133 Å². The minimum Gasteiger partial charge on any atom is -0.358 e. The van der Waals surface area contributed by atoms with Crippen LogP contribution in [0.3, 0.4) is 0 Å². The van der Waals surface area contributed by atoms with Crippen LogP contribution in [0.1, 0.15) is 0 Å². The smallest absolute Gasteiger partial charge is 0.291 e. The molecule has 4 aromatic rings. The maximum absolute atomic E-state index is 13.9. The van der Waals surface area contributed by atoms with E-state index in [1.54, 1.807) is 4.90 Å². The molecule has 0 aliphatic heterocycles. The first-order chi connectivity index (χ1) is 16.1. The number of hydrogen-bond acceptors (Lipinski definition) is 2. The van der Waals surface area contributed by atoms with E-state index >= 15 is 0 Å². The molecule has 4 rings (SSSR count). The van der Waals surface area contributed by atoms with Gasteiger partial charge < -0.3 is 10.2 Å². The molecule has 0 spiro atoms. The van der Waals surface area contributed by atoms with Crippen LogP contribution in [0.5, 0.6) is 0 Å². The summed E-state index contributed by atoms with van der Waals surface area (Å²) in [5.41, 5.74) is 0.939. The normalized spacial score (nSPS) is 11.6. The molecule has 0 atom stereocenters. The predicted octanol–water partition coefficient (Wildman–Crippen LogP) is 5.02. The molecule has 0 aliphatic rings. The lowest BCUT2D eigenvalue weighted by Crippen LogP contribution is -2.38. The van der Waals surface area contributed by atoms with Crippen molar-refractivity contribution in [2.24, 2.45) is 0 Å². The van der Waals surface area contributed by atoms with Crippen molar-refractivity contribution in [3.63, 3.8) is 0 Å². The van der Waals surface area contributed by atoms with Gasteiger partial charge in [0.1, 0.15) is 15.9 Å². The van der Waals surface area contributed by atoms with Crippen LogP contribution in [-0.4, -0.2) is 24.9 Å². The second-order valence-electron chi connectivity index (χ2n) is 7.92. The van der Waals surface area contributed by atoms with Gasteiger partial charge in [-0.15, -0.1) is 0 Å². The van der Waals surface area contributed by atoms with Crippen LogP contribution >= 0.6 is 7.26 Å². The Labute approximate surface area is 196 Å². The zero-order chi connectivity index (χ0) is 23.1. The summed E-state index contributed by atoms with van der Waals surface area (Å²) in [6.45, 7) is 0. The van der Waals surface area contributed by atoms with Gasteiger partial charge in [-0.05, 0) is 48.5 Å². The van der Waals surface area contributed by atoms with Crippen molar-refractivity contribution in [3.8, 4) is 0 Å². The van der Waals surface area contributed by atoms with Gasteiger partial charge >= 0.3 is 0 Å². The molecule has 0 heterocycles. The van der Waals surface area contributed by atoms with Crippen LogP contribution in [0.25, 0.3) is 0 Å². The zero-order valence-corrected chi connectivity index (χ0v) is 19.8. The second kappa shape index (κ2) is 10.3. The van der Waals surface area contributed by atoms with E-state index in [2.05, 4.69) is 78.1 Å². The number of anilines is 1. The van der Waals surface area contributed by atoms with E-state index in [0.29, 0.717) is 0 Å². The second-order valence-corrected chi connectivity index (χ2v) is 11.3. The minimum absolute atomic E-state index is 0.0108. The molecule has 4 aromatic carbocycles. The highest BCUT2D eigenvalue weighted by Crippen LogP contribution is 2.62. The quantitative estimate of drug-likeness (QED) is 0.316. The van der Waals surface area contributed by atoms with Crippen molar-refractivity contribution in [3.05, 3.63) is 133 Å². The first-order valence-corrected chi connectivity index (χ1v) is 12.7. The molecule has 3 nitrogen and oxygen atoms in total. The Bertz CT molecular complexity index is 1110. The van der Waals surface area contributed by atoms with E-state index in [0.717, 1.165) is 26.9 Å². The summed E-state index contributed by atoms with van der Waals surface area (Å²) in [4.78, 5) is 15.5. The summed E-state index contributed by atoms with van der Waals surface area (Å²) in [6, 6.07) is 41.2. The molecule has 0 unspecified atom stereocenters. The number of carbonyl (C=O) groups is 1. The van der Waals surface area contributed by atoms with Gasteiger partial charge in [0.25, 0.3) is 5.91 Å². The highest BCUT2D eigenvalue weighted by molar-refractivity contribution is 7.99. The number of amides is 1. The van der Waals surface area contributed by atoms with Crippen molar-refractivity contribution < 1.29 is 4.79 Å². The lowest BCUT2D eigenvalue weighted by atomic mass is 10.3. The maximum Gasteiger partial charge on any atom is 0.291 e. The Hall–Kier alpha value is -3.68. The fraction of sp³-hybridized carbons (Fsp3) is 0.0690. The number of nitrogens with zero attached hydrogens (tertiary/aromatic N) is 1. The summed E-state index contributed by atoms with van der Waals surface area (Å²) in [5, 5.41) is 7.58. The molecule has 0 aliphatic carbocycles. The van der Waals surface area contributed by atoms with Crippen molar-refractivity contribution in [2.45, 2.75) is 0 Å². The summed E-state index contributed by atoms with van der Waals surface area (Å²) in [7, 11) is 1.12. The highest BCUT2D eigenvalue weighted by atomic mass is 31.2. The first-order valence-electron chi connectivity index (χ1n) is 10.9. The van der Waals surface area contributed by atoms with Gasteiger partial charge in [-0.2, -0.15) is 0 Å². The zero-order valence-electron chi connectivity index (χ0n) is 18.9. The molecule has 0 fully saturated rings. The number of rotatable bonds is 7. The van der Waals surface area contributed by atoms with Gasteiger partial charge in [-0.3, -0.25) is 4.79 Å². The van der Waals surface area contributed by atoms with Gasteiger partial charge in [-0.25, -0.2) is 0 Å². The highest BCUT2D eigenvalue weighted by Gasteiger charge is 2.53. The minimum atomic E-state index is -2.50. The number of hydrogen-bond donors (Lipinski definition) is 1. The average molecular weight is 452 g/mol. The van der Waals surface area contributed by atoms with Crippen molar-refractivity contribution in [1.29, 1.82) is 0 Å². The summed E-state index contributed by atoms with van der Waals surface area (Å²) >= 11 is 0. The number of benzene rings is 4. The number of nitrogens with one attached hydrogen (secondary N) is 1. The van der Waals surface area contributed by atoms with Crippen LogP contribution in [0.4, 0.5) is 5.69 Å². The third kappa shape index (κ3) is 4.60. The van der Waals surface area contributed by atoms with Crippen molar-refractivity contribution in [2.75, 3.05) is 19.4 Å². The van der Waals surface area contributed by atoms with E-state index in [9.17, 15) is 4.79 Å². The lowest BCUT2D eigenvalue weighted by molar-refractivity contribution is -0.124. The molecule has 164 valence electrons. The SMILES string of the molecule is CN(C)C(=O)C(=CNc1ccccc1)[P+](c1ccccc1)(c1ccccc1)c1ccccc1. The molecule has 1 amide bonds. The van der Waals surface area contributed by atoms with Gasteiger partial charge in [0.05, 0.1) is 6.20 Å². The topological polar surface area (TPSA) is 32.3 Å². The molecule has 0 saturated heterocycles. The van der Waals surface area contributed by atoms with Gasteiger partial charge in [-0.1, -0.05) is 72.8 Å². The maximum atomic E-state index is 13.9. The van der Waals surface area contributed by atoms with Crippen LogP contribution in [-0.2, 0) is 4.79 Å². The van der Waals surface area contributed by atoms with E-state index in [4.69, 9.17) is 0 Å². The van der Waals surface area contributed by atoms with E-state index in [1.807, 2.05) is 68.8 Å². The van der Waals surface area contributed by atoms with Crippen LogP contribution < -0.4 is 21.2 Å². The lowest BCUT2D eigenvalue weighted by Gasteiger charge is -2.30. The number of likely N-dealkylation sites (N-methyl/N-ethyl adjacent to an activating group) is 1. The Morgan fingerprint density at radius 3 is 1.36 bits per heavy atom. The standard InChI is InChI=1S/C29H27N2OP/c1-31(2)29(32)28(23-30-24-15-7-3-8-16-24)33(25-17-9-4-10-18-25,26-19-11-5-12-20-26)27-21-13-6-14-22-27/h3-23H,1-2H3/p+1. The van der Waals surface area contributed by atoms with Gasteiger partial charge in [0.2, 0.25) is 0 Å². The van der Waals surface area contributed by atoms with Gasteiger partial charge in [0, 0.05) is 19.8 Å². The summed E-state index contributed by atoms with van der Waals surface area (Å²) in [6.07, 6.45) is 1.92. The Kier molecular flexibility index (Phi) is 7.02. The molecule has 1 N–H and O–H groups in total. The molecular formula is C29H28N2OP+. The van der Waals surface area contributed by atoms with Crippen LogP contribution in [0.2, 0.25) is 0 Å². The van der Waals surface area contributed by atoms with Gasteiger partial charge in [0.15, 0.2) is 12.6 Å². The summed E-state index contributed by atoms with van der Waals surface area (Å²) in [5.74, 6) is -0.0108. The Morgan fingerprint density at radius 1 is 0.636 bits per heavy atom. The first kappa shape index (κ1) is 22.5. The predicted molar refractivity (Wildman–Crippen MR) is 142 cm³/mol. The largest absolute Gasteiger partial charge is 0.358 e. The van der Waals surface area contributed by atoms with Crippen molar-refractivity contribution >= 4 is 34.8 Å². The summed E-state index contributed by atoms with van der Waals surface area (Å²) < 4.78 is 0. The van der Waals surface area contributed by atoms with E-state index in [1.165, 1.54) is 0 Å². The molecule has 0 aromatic heterocycles. The molecule has 0 radical (unpaired) electrons. The van der Waals surface area contributed by atoms with Crippen molar-refractivity contribution in [1.82, 2.24) is 4.90 Å².